The molecule has 3 aromatic heterocycles. The maximum atomic E-state index is 14.4. The molecule has 0 N–H and O–H groups in total. The second-order valence-corrected chi connectivity index (χ2v) is 11.3. The van der Waals surface area contributed by atoms with E-state index in [4.69, 9.17) is 26.2 Å². The van der Waals surface area contributed by atoms with Gasteiger partial charge in [-0.15, -0.1) is 11.3 Å². The van der Waals surface area contributed by atoms with Crippen LogP contribution in [-0.2, 0) is 27.5 Å². The number of hydrogen-bond donors (Lipinski definition) is 0. The molecule has 0 aromatic carbocycles. The van der Waals surface area contributed by atoms with Gasteiger partial charge < -0.3 is 9.47 Å². The van der Waals surface area contributed by atoms with E-state index >= 15 is 0 Å². The van der Waals surface area contributed by atoms with Crippen LogP contribution in [0.25, 0.3) is 5.82 Å². The standard InChI is InChI=1S/C25H27ClF2N4O2S/c1-16-17(14-32(30-16)23-18(4-2-8-29-23)20-5-3-11-33-20)13-31-9-6-24(7-10-31)22-19(12-21(26)35-22)25(27,28)15-34-24/h2,4,8,12,14,20H,3,5-7,9-11,13,15H2,1H3. The first-order valence-electron chi connectivity index (χ1n) is 12.0. The van der Waals surface area contributed by atoms with Gasteiger partial charge in [0.1, 0.15) is 12.2 Å². The van der Waals surface area contributed by atoms with Crippen molar-refractivity contribution in [3.63, 3.8) is 0 Å². The Balaban J connectivity index is 1.18. The van der Waals surface area contributed by atoms with Gasteiger partial charge in [0, 0.05) is 60.2 Å². The molecule has 0 aliphatic carbocycles. The van der Waals surface area contributed by atoms with E-state index < -0.39 is 18.1 Å². The summed E-state index contributed by atoms with van der Waals surface area (Å²) in [5.41, 5.74) is 2.52. The van der Waals surface area contributed by atoms with Gasteiger partial charge in [0.15, 0.2) is 5.82 Å². The van der Waals surface area contributed by atoms with Gasteiger partial charge in [0.05, 0.1) is 16.1 Å². The number of nitrogens with zero attached hydrogens (tertiary/aromatic N) is 4. The Kier molecular flexibility index (Phi) is 5.96. The number of rotatable bonds is 4. The first-order chi connectivity index (χ1) is 16.8. The molecule has 6 heterocycles. The van der Waals surface area contributed by atoms with Crippen molar-refractivity contribution in [2.24, 2.45) is 0 Å². The summed E-state index contributed by atoms with van der Waals surface area (Å²) in [7, 11) is 0. The minimum absolute atomic E-state index is 0.0433. The predicted molar refractivity (Wildman–Crippen MR) is 129 cm³/mol. The highest BCUT2D eigenvalue weighted by Crippen LogP contribution is 2.52. The fraction of sp³-hybridized carbons (Fsp3) is 0.520. The molecule has 1 spiro atoms. The lowest BCUT2D eigenvalue weighted by molar-refractivity contribution is -0.182. The molecule has 6 rings (SSSR count). The summed E-state index contributed by atoms with van der Waals surface area (Å²) in [6.45, 7) is 4.43. The van der Waals surface area contributed by atoms with Crippen molar-refractivity contribution in [3.8, 4) is 5.82 Å². The Morgan fingerprint density at radius 1 is 1.29 bits per heavy atom. The molecule has 0 amide bonds. The van der Waals surface area contributed by atoms with E-state index in [2.05, 4.69) is 22.1 Å². The van der Waals surface area contributed by atoms with E-state index in [1.165, 1.54) is 17.4 Å². The van der Waals surface area contributed by atoms with Crippen LogP contribution in [0, 0.1) is 6.92 Å². The molecule has 3 aromatic rings. The third-order valence-corrected chi connectivity index (χ3v) is 8.86. The zero-order valence-corrected chi connectivity index (χ0v) is 21.0. The van der Waals surface area contributed by atoms with Gasteiger partial charge in [-0.25, -0.2) is 9.67 Å². The Morgan fingerprint density at radius 3 is 2.89 bits per heavy atom. The van der Waals surface area contributed by atoms with E-state index in [0.717, 1.165) is 61.7 Å². The number of pyridine rings is 1. The maximum Gasteiger partial charge on any atom is 0.297 e. The van der Waals surface area contributed by atoms with Crippen LogP contribution in [0.3, 0.4) is 0 Å². The molecule has 10 heteroatoms. The average molecular weight is 521 g/mol. The molecule has 0 bridgehead atoms. The zero-order valence-electron chi connectivity index (χ0n) is 19.5. The van der Waals surface area contributed by atoms with Crippen molar-refractivity contribution >= 4 is 22.9 Å². The van der Waals surface area contributed by atoms with Crippen LogP contribution in [0.5, 0.6) is 0 Å². The van der Waals surface area contributed by atoms with Crippen molar-refractivity contribution in [2.75, 3.05) is 26.3 Å². The Morgan fingerprint density at radius 2 is 2.11 bits per heavy atom. The van der Waals surface area contributed by atoms with E-state index in [1.54, 1.807) is 6.20 Å². The number of fused-ring (bicyclic) bond motifs is 2. The van der Waals surface area contributed by atoms with Crippen molar-refractivity contribution in [3.05, 3.63) is 62.2 Å². The summed E-state index contributed by atoms with van der Waals surface area (Å²) in [5.74, 6) is -2.18. The largest absolute Gasteiger partial charge is 0.373 e. The molecule has 3 aliphatic heterocycles. The Bertz CT molecular complexity index is 1230. The quantitative estimate of drug-likeness (QED) is 0.438. The van der Waals surface area contributed by atoms with Crippen molar-refractivity contribution < 1.29 is 18.3 Å². The van der Waals surface area contributed by atoms with Crippen LogP contribution < -0.4 is 0 Å². The molecular formula is C25H27ClF2N4O2S. The third-order valence-electron chi connectivity index (χ3n) is 7.41. The van der Waals surface area contributed by atoms with E-state index in [0.29, 0.717) is 22.1 Å². The minimum atomic E-state index is -2.99. The van der Waals surface area contributed by atoms with E-state index in [1.807, 2.05) is 17.7 Å². The monoisotopic (exact) mass is 520 g/mol. The lowest BCUT2D eigenvalue weighted by Crippen LogP contribution is -2.48. The number of likely N-dealkylation sites (tertiary alicyclic amines) is 1. The minimum Gasteiger partial charge on any atom is -0.373 e. The van der Waals surface area contributed by atoms with Crippen LogP contribution in [0.1, 0.15) is 59.0 Å². The number of ether oxygens (including phenoxy) is 2. The summed E-state index contributed by atoms with van der Waals surface area (Å²) < 4.78 is 42.8. The molecule has 2 fully saturated rings. The summed E-state index contributed by atoms with van der Waals surface area (Å²) in [5, 5.41) is 4.76. The molecule has 35 heavy (non-hydrogen) atoms. The van der Waals surface area contributed by atoms with Crippen molar-refractivity contribution in [2.45, 2.75) is 56.8 Å². The molecule has 1 atom stereocenters. The van der Waals surface area contributed by atoms with Gasteiger partial charge in [-0.3, -0.25) is 4.90 Å². The Labute approximate surface area is 211 Å². The van der Waals surface area contributed by atoms with Crippen LogP contribution in [0.2, 0.25) is 4.34 Å². The van der Waals surface area contributed by atoms with Gasteiger partial charge in [-0.1, -0.05) is 17.7 Å². The molecule has 0 saturated carbocycles. The summed E-state index contributed by atoms with van der Waals surface area (Å²) >= 11 is 7.37. The molecule has 186 valence electrons. The first kappa shape index (κ1) is 23.5. The zero-order chi connectivity index (χ0) is 24.2. The molecule has 6 nitrogen and oxygen atoms in total. The second kappa shape index (κ2) is 8.88. The highest BCUT2D eigenvalue weighted by Gasteiger charge is 2.51. The van der Waals surface area contributed by atoms with Gasteiger partial charge in [0.2, 0.25) is 0 Å². The highest BCUT2D eigenvalue weighted by atomic mass is 35.5. The average Bonchev–Trinajstić information content (AvgIpc) is 3.60. The highest BCUT2D eigenvalue weighted by molar-refractivity contribution is 7.16. The van der Waals surface area contributed by atoms with E-state index in [9.17, 15) is 8.78 Å². The normalized spacial score (nSPS) is 23.6. The lowest BCUT2D eigenvalue weighted by Gasteiger charge is -2.45. The fourth-order valence-electron chi connectivity index (χ4n) is 5.46. The molecule has 1 unspecified atom stereocenters. The van der Waals surface area contributed by atoms with E-state index in [-0.39, 0.29) is 11.7 Å². The SMILES string of the molecule is Cc1nn(-c2ncccc2C2CCCO2)cc1CN1CCC2(CC1)OCC(F)(F)c1cc(Cl)sc12. The van der Waals surface area contributed by atoms with Gasteiger partial charge >= 0.3 is 0 Å². The summed E-state index contributed by atoms with van der Waals surface area (Å²) in [6.07, 6.45) is 7.25. The summed E-state index contributed by atoms with van der Waals surface area (Å²) in [4.78, 5) is 7.54. The fourth-order valence-corrected chi connectivity index (χ4v) is 6.94. The van der Waals surface area contributed by atoms with Gasteiger partial charge in [-0.2, -0.15) is 13.9 Å². The molecule has 3 aliphatic rings. The molecule has 0 radical (unpaired) electrons. The van der Waals surface area contributed by atoms with Crippen LogP contribution >= 0.6 is 22.9 Å². The van der Waals surface area contributed by atoms with Crippen molar-refractivity contribution in [1.29, 1.82) is 0 Å². The number of alkyl halides is 2. The van der Waals surface area contributed by atoms with Crippen molar-refractivity contribution in [1.82, 2.24) is 19.7 Å². The van der Waals surface area contributed by atoms with Gasteiger partial charge in [0.25, 0.3) is 5.92 Å². The third kappa shape index (κ3) is 4.21. The first-order valence-corrected chi connectivity index (χ1v) is 13.2. The molecular weight excluding hydrogens is 494 g/mol. The number of thiophene rings is 1. The topological polar surface area (TPSA) is 52.4 Å². The number of aromatic nitrogens is 3. The number of aryl methyl sites for hydroxylation is 1. The molecule has 2 saturated heterocycles. The Hall–Kier alpha value is -1.91. The summed E-state index contributed by atoms with van der Waals surface area (Å²) in [6, 6.07) is 5.42. The smallest absolute Gasteiger partial charge is 0.297 e. The predicted octanol–water partition coefficient (Wildman–Crippen LogP) is 5.76. The number of piperidine rings is 1. The number of halogens is 3. The van der Waals surface area contributed by atoms with Crippen LogP contribution in [0.4, 0.5) is 8.78 Å². The number of hydrogen-bond acceptors (Lipinski definition) is 6. The van der Waals surface area contributed by atoms with Crippen LogP contribution in [0.15, 0.2) is 30.6 Å². The second-order valence-electron chi connectivity index (χ2n) is 9.66. The lowest BCUT2D eigenvalue weighted by atomic mass is 9.84. The van der Waals surface area contributed by atoms with Gasteiger partial charge in [-0.05, 0) is 44.7 Å². The maximum absolute atomic E-state index is 14.4. The van der Waals surface area contributed by atoms with Crippen LogP contribution in [-0.4, -0.2) is 46.0 Å².